The molecular weight excluding hydrogens is 293 g/mol. The van der Waals surface area contributed by atoms with Crippen molar-refractivity contribution in [3.8, 4) is 0 Å². The lowest BCUT2D eigenvalue weighted by Crippen LogP contribution is -2.05. The Morgan fingerprint density at radius 2 is 2.00 bits per heavy atom. The third-order valence-electron chi connectivity index (χ3n) is 2.71. The lowest BCUT2D eigenvalue weighted by molar-refractivity contribution is 0.516. The average molecular weight is 309 g/mol. The molecule has 0 aromatic carbocycles. The van der Waals surface area contributed by atoms with E-state index in [-0.39, 0.29) is 12.4 Å². The van der Waals surface area contributed by atoms with Crippen LogP contribution in [-0.4, -0.2) is 14.5 Å². The Kier molecular flexibility index (Phi) is 5.70. The van der Waals surface area contributed by atoms with Crippen LogP contribution in [0, 0.1) is 5.92 Å². The van der Waals surface area contributed by atoms with Crippen molar-refractivity contribution in [3.05, 3.63) is 23.1 Å². The Morgan fingerprint density at radius 1 is 1.28 bits per heavy atom. The number of fused-ring (bicyclic) bond motifs is 1. The van der Waals surface area contributed by atoms with E-state index in [4.69, 9.17) is 23.2 Å². The minimum Gasteiger partial charge on any atom is -0.326 e. The van der Waals surface area contributed by atoms with E-state index in [1.54, 1.807) is 6.07 Å². The second-order valence-electron chi connectivity index (χ2n) is 4.47. The van der Waals surface area contributed by atoms with Crippen molar-refractivity contribution in [1.82, 2.24) is 14.5 Å². The first-order valence-corrected chi connectivity index (χ1v) is 6.60. The standard InChI is InChI=1S/C12H15Cl2N3.ClH/c1-8(2)5-6-17-9-3-4-10(14)15-12(9)16-11(17)7-13;/h3-4,8H,5-7H2,1-2H3;1H. The van der Waals surface area contributed by atoms with Crippen LogP contribution in [0.15, 0.2) is 12.1 Å². The molecule has 0 radical (unpaired) electrons. The summed E-state index contributed by atoms with van der Waals surface area (Å²) in [5.41, 5.74) is 1.68. The van der Waals surface area contributed by atoms with E-state index in [1.165, 1.54) is 0 Å². The maximum atomic E-state index is 5.91. The molecule has 0 aliphatic heterocycles. The molecule has 0 fully saturated rings. The highest BCUT2D eigenvalue weighted by Gasteiger charge is 2.11. The number of halogens is 3. The zero-order valence-electron chi connectivity index (χ0n) is 10.4. The fourth-order valence-corrected chi connectivity index (χ4v) is 2.12. The highest BCUT2D eigenvalue weighted by Crippen LogP contribution is 2.19. The zero-order valence-corrected chi connectivity index (χ0v) is 12.7. The van der Waals surface area contributed by atoms with Crippen molar-refractivity contribution in [2.45, 2.75) is 32.7 Å². The summed E-state index contributed by atoms with van der Waals surface area (Å²) in [7, 11) is 0. The predicted molar refractivity (Wildman–Crippen MR) is 78.8 cm³/mol. The third kappa shape index (κ3) is 3.28. The first-order chi connectivity index (χ1) is 8.11. The molecule has 0 aliphatic carbocycles. The van der Waals surface area contributed by atoms with Crippen molar-refractivity contribution < 1.29 is 0 Å². The van der Waals surface area contributed by atoms with Gasteiger partial charge in [0.25, 0.3) is 0 Å². The molecule has 0 N–H and O–H groups in total. The van der Waals surface area contributed by atoms with E-state index in [0.29, 0.717) is 22.6 Å². The van der Waals surface area contributed by atoms with Gasteiger partial charge in [0.1, 0.15) is 11.0 Å². The van der Waals surface area contributed by atoms with Gasteiger partial charge in [-0.3, -0.25) is 0 Å². The SMILES string of the molecule is CC(C)CCn1c(CCl)nc2nc(Cl)ccc21.Cl. The molecule has 6 heteroatoms. The van der Waals surface area contributed by atoms with Gasteiger partial charge in [-0.05, 0) is 24.5 Å². The van der Waals surface area contributed by atoms with Gasteiger partial charge < -0.3 is 4.57 Å². The Balaban J connectivity index is 0.00000162. The molecule has 0 unspecified atom stereocenters. The molecule has 0 saturated heterocycles. The zero-order chi connectivity index (χ0) is 12.4. The lowest BCUT2D eigenvalue weighted by atomic mass is 10.1. The van der Waals surface area contributed by atoms with Crippen LogP contribution >= 0.6 is 35.6 Å². The highest BCUT2D eigenvalue weighted by atomic mass is 35.5. The smallest absolute Gasteiger partial charge is 0.179 e. The monoisotopic (exact) mass is 307 g/mol. The van der Waals surface area contributed by atoms with Crippen molar-refractivity contribution >= 4 is 46.8 Å². The van der Waals surface area contributed by atoms with Crippen molar-refractivity contribution in [2.75, 3.05) is 0 Å². The first-order valence-electron chi connectivity index (χ1n) is 5.69. The maximum Gasteiger partial charge on any atom is 0.179 e. The van der Waals surface area contributed by atoms with Gasteiger partial charge in [0.15, 0.2) is 5.65 Å². The molecule has 2 aromatic heterocycles. The summed E-state index contributed by atoms with van der Waals surface area (Å²) >= 11 is 11.8. The summed E-state index contributed by atoms with van der Waals surface area (Å²) in [5.74, 6) is 1.90. The molecule has 2 rings (SSSR count). The fraction of sp³-hybridized carbons (Fsp3) is 0.500. The maximum absolute atomic E-state index is 5.91. The van der Waals surface area contributed by atoms with Crippen LogP contribution in [0.25, 0.3) is 11.2 Å². The lowest BCUT2D eigenvalue weighted by Gasteiger charge is -2.09. The summed E-state index contributed by atoms with van der Waals surface area (Å²) < 4.78 is 2.13. The topological polar surface area (TPSA) is 30.7 Å². The van der Waals surface area contributed by atoms with Crippen molar-refractivity contribution in [2.24, 2.45) is 5.92 Å². The minimum absolute atomic E-state index is 0. The van der Waals surface area contributed by atoms with Gasteiger partial charge in [-0.1, -0.05) is 25.4 Å². The molecule has 2 heterocycles. The fourth-order valence-electron chi connectivity index (χ4n) is 1.77. The molecule has 0 aliphatic rings. The molecular formula is C12H16Cl3N3. The molecule has 0 atom stereocenters. The normalized spacial score (nSPS) is 10.9. The predicted octanol–water partition coefficient (Wildman–Crippen LogP) is 4.29. The minimum atomic E-state index is 0. The quantitative estimate of drug-likeness (QED) is 0.623. The van der Waals surface area contributed by atoms with Gasteiger partial charge in [0.05, 0.1) is 11.4 Å². The van der Waals surface area contributed by atoms with E-state index in [2.05, 4.69) is 28.4 Å². The summed E-state index contributed by atoms with van der Waals surface area (Å²) in [6.45, 7) is 5.32. The second kappa shape index (κ2) is 6.60. The number of aromatic nitrogens is 3. The van der Waals surface area contributed by atoms with Gasteiger partial charge in [-0.15, -0.1) is 24.0 Å². The number of hydrogen-bond donors (Lipinski definition) is 0. The number of pyridine rings is 1. The summed E-state index contributed by atoms with van der Waals surface area (Å²) in [4.78, 5) is 8.61. The van der Waals surface area contributed by atoms with Crippen molar-refractivity contribution in [1.29, 1.82) is 0 Å². The van der Waals surface area contributed by atoms with Gasteiger partial charge >= 0.3 is 0 Å². The molecule has 0 spiro atoms. The van der Waals surface area contributed by atoms with Crippen LogP contribution in [0.5, 0.6) is 0 Å². The number of alkyl halides is 1. The van der Waals surface area contributed by atoms with Crippen LogP contribution < -0.4 is 0 Å². The number of aryl methyl sites for hydroxylation is 1. The van der Waals surface area contributed by atoms with E-state index in [9.17, 15) is 0 Å². The van der Waals surface area contributed by atoms with Crippen LogP contribution in [0.4, 0.5) is 0 Å². The van der Waals surface area contributed by atoms with E-state index in [1.807, 2.05) is 6.07 Å². The highest BCUT2D eigenvalue weighted by molar-refractivity contribution is 6.29. The Morgan fingerprint density at radius 3 is 2.61 bits per heavy atom. The van der Waals surface area contributed by atoms with Gasteiger partial charge in [0, 0.05) is 6.54 Å². The summed E-state index contributed by atoms with van der Waals surface area (Å²) in [6.07, 6.45) is 1.10. The van der Waals surface area contributed by atoms with Crippen LogP contribution in [0.3, 0.4) is 0 Å². The molecule has 2 aromatic rings. The second-order valence-corrected chi connectivity index (χ2v) is 5.13. The number of rotatable bonds is 4. The van der Waals surface area contributed by atoms with E-state index >= 15 is 0 Å². The van der Waals surface area contributed by atoms with E-state index < -0.39 is 0 Å². The Hall–Kier alpha value is -0.510. The van der Waals surface area contributed by atoms with Gasteiger partial charge in [0.2, 0.25) is 0 Å². The van der Waals surface area contributed by atoms with Crippen molar-refractivity contribution in [3.63, 3.8) is 0 Å². The molecule has 100 valence electrons. The number of imidazole rings is 1. The molecule has 3 nitrogen and oxygen atoms in total. The first kappa shape index (κ1) is 15.5. The third-order valence-corrected chi connectivity index (χ3v) is 3.16. The summed E-state index contributed by atoms with van der Waals surface area (Å²) in [5, 5.41) is 0.465. The van der Waals surface area contributed by atoms with Gasteiger partial charge in [-0.25, -0.2) is 9.97 Å². The van der Waals surface area contributed by atoms with Gasteiger partial charge in [-0.2, -0.15) is 0 Å². The molecule has 0 amide bonds. The Labute approximate surface area is 123 Å². The molecule has 0 saturated carbocycles. The molecule has 0 bridgehead atoms. The van der Waals surface area contributed by atoms with Crippen LogP contribution in [0.1, 0.15) is 26.1 Å². The van der Waals surface area contributed by atoms with Crippen LogP contribution in [-0.2, 0) is 12.4 Å². The largest absolute Gasteiger partial charge is 0.326 e. The summed E-state index contributed by atoms with van der Waals surface area (Å²) in [6, 6.07) is 3.74. The van der Waals surface area contributed by atoms with E-state index in [0.717, 1.165) is 24.3 Å². The number of hydrogen-bond acceptors (Lipinski definition) is 2. The average Bonchev–Trinajstić information content (AvgIpc) is 2.63. The number of nitrogens with zero attached hydrogens (tertiary/aromatic N) is 3. The van der Waals surface area contributed by atoms with Crippen LogP contribution in [0.2, 0.25) is 5.15 Å². The molecule has 18 heavy (non-hydrogen) atoms. The Bertz CT molecular complexity index is 523.